The van der Waals surface area contributed by atoms with Crippen LogP contribution in [0.5, 0.6) is 0 Å². The molecule has 0 aromatic heterocycles. The number of nitrogens with one attached hydrogen (secondary N) is 1. The van der Waals surface area contributed by atoms with E-state index in [1.165, 1.54) is 32.1 Å². The van der Waals surface area contributed by atoms with E-state index in [-0.39, 0.29) is 5.78 Å². The Hall–Kier alpha value is -1.51. The molecule has 1 aliphatic carbocycles. The molecule has 3 heteroatoms. The molecular formula is C15H22N2O. The highest BCUT2D eigenvalue weighted by atomic mass is 16.1. The summed E-state index contributed by atoms with van der Waals surface area (Å²) in [5.41, 5.74) is 7.93. The predicted octanol–water partition coefficient (Wildman–Crippen LogP) is 3.46. The Kier molecular flexibility index (Phi) is 4.24. The zero-order valence-corrected chi connectivity index (χ0v) is 11.0. The third kappa shape index (κ3) is 3.25. The van der Waals surface area contributed by atoms with Gasteiger partial charge in [0.05, 0.1) is 0 Å². The van der Waals surface area contributed by atoms with Crippen molar-refractivity contribution in [2.45, 2.75) is 39.0 Å². The van der Waals surface area contributed by atoms with Crippen LogP contribution in [0, 0.1) is 5.92 Å². The van der Waals surface area contributed by atoms with E-state index in [1.54, 1.807) is 13.0 Å². The Balaban J connectivity index is 1.88. The third-order valence-corrected chi connectivity index (χ3v) is 3.79. The number of nitrogen functional groups attached to an aromatic ring is 1. The number of ketones is 1. The van der Waals surface area contributed by atoms with E-state index in [1.807, 2.05) is 12.1 Å². The van der Waals surface area contributed by atoms with Crippen LogP contribution in [-0.2, 0) is 0 Å². The maximum Gasteiger partial charge on any atom is 0.161 e. The summed E-state index contributed by atoms with van der Waals surface area (Å²) in [4.78, 5) is 11.4. The first-order valence-corrected chi connectivity index (χ1v) is 6.81. The average Bonchev–Trinajstić information content (AvgIpc) is 2.84. The first-order chi connectivity index (χ1) is 8.66. The summed E-state index contributed by atoms with van der Waals surface area (Å²) in [5.74, 6) is 0.908. The smallest absolute Gasteiger partial charge is 0.161 e. The molecule has 18 heavy (non-hydrogen) atoms. The molecule has 0 saturated heterocycles. The minimum Gasteiger partial charge on any atom is -0.398 e. The van der Waals surface area contributed by atoms with E-state index < -0.39 is 0 Å². The summed E-state index contributed by atoms with van der Waals surface area (Å²) < 4.78 is 0. The maximum absolute atomic E-state index is 11.4. The molecule has 1 fully saturated rings. The molecular weight excluding hydrogens is 224 g/mol. The van der Waals surface area contributed by atoms with Gasteiger partial charge in [-0.1, -0.05) is 25.7 Å². The molecule has 3 N–H and O–H groups in total. The molecule has 0 radical (unpaired) electrons. The Labute approximate surface area is 109 Å². The number of benzene rings is 1. The van der Waals surface area contributed by atoms with Gasteiger partial charge in [0, 0.05) is 23.5 Å². The van der Waals surface area contributed by atoms with Crippen molar-refractivity contribution < 1.29 is 4.79 Å². The van der Waals surface area contributed by atoms with Crippen molar-refractivity contribution in [2.75, 3.05) is 17.6 Å². The fraction of sp³-hybridized carbons (Fsp3) is 0.533. The van der Waals surface area contributed by atoms with Crippen LogP contribution in [0.4, 0.5) is 11.4 Å². The Bertz CT molecular complexity index is 423. The van der Waals surface area contributed by atoms with Gasteiger partial charge in [-0.15, -0.1) is 0 Å². The lowest BCUT2D eigenvalue weighted by Gasteiger charge is -2.12. The van der Waals surface area contributed by atoms with Gasteiger partial charge < -0.3 is 11.1 Å². The van der Waals surface area contributed by atoms with Crippen LogP contribution in [0.2, 0.25) is 0 Å². The van der Waals surface area contributed by atoms with E-state index in [2.05, 4.69) is 5.32 Å². The minimum atomic E-state index is 0.0203. The van der Waals surface area contributed by atoms with Crippen LogP contribution < -0.4 is 11.1 Å². The van der Waals surface area contributed by atoms with Crippen molar-refractivity contribution >= 4 is 17.2 Å². The summed E-state index contributed by atoms with van der Waals surface area (Å²) in [5, 5.41) is 3.39. The number of hydrogen-bond acceptors (Lipinski definition) is 3. The zero-order valence-electron chi connectivity index (χ0n) is 11.0. The number of Topliss-reactive ketones (excluding diaryl/α,β-unsaturated/α-hetero) is 1. The van der Waals surface area contributed by atoms with Gasteiger partial charge in [-0.2, -0.15) is 0 Å². The van der Waals surface area contributed by atoms with Crippen molar-refractivity contribution in [2.24, 2.45) is 5.92 Å². The third-order valence-electron chi connectivity index (χ3n) is 3.79. The summed E-state index contributed by atoms with van der Waals surface area (Å²) in [6.07, 6.45) is 6.76. The molecule has 0 atom stereocenters. The molecule has 98 valence electrons. The summed E-state index contributed by atoms with van der Waals surface area (Å²) in [6.45, 7) is 2.53. The SMILES string of the molecule is CC(=O)c1cc(NCCC2CCCC2)ccc1N. The second-order valence-electron chi connectivity index (χ2n) is 5.22. The Morgan fingerprint density at radius 1 is 1.39 bits per heavy atom. The number of nitrogens with two attached hydrogens (primary N) is 1. The van der Waals surface area contributed by atoms with Crippen LogP contribution in [0.15, 0.2) is 18.2 Å². The summed E-state index contributed by atoms with van der Waals surface area (Å²) >= 11 is 0. The van der Waals surface area contributed by atoms with Crippen LogP contribution in [-0.4, -0.2) is 12.3 Å². The van der Waals surface area contributed by atoms with E-state index in [0.29, 0.717) is 11.3 Å². The first kappa shape index (κ1) is 12.9. The topological polar surface area (TPSA) is 55.1 Å². The summed E-state index contributed by atoms with van der Waals surface area (Å²) in [6, 6.07) is 5.59. The van der Waals surface area contributed by atoms with Gasteiger partial charge in [-0.25, -0.2) is 0 Å². The molecule has 0 amide bonds. The molecule has 1 aromatic rings. The number of anilines is 2. The number of rotatable bonds is 5. The number of hydrogen-bond donors (Lipinski definition) is 2. The quantitative estimate of drug-likeness (QED) is 0.618. The molecule has 2 rings (SSSR count). The van der Waals surface area contributed by atoms with Crippen molar-refractivity contribution in [1.82, 2.24) is 0 Å². The van der Waals surface area contributed by atoms with Gasteiger partial charge in [0.15, 0.2) is 5.78 Å². The second-order valence-corrected chi connectivity index (χ2v) is 5.22. The van der Waals surface area contributed by atoms with Crippen LogP contribution in [0.3, 0.4) is 0 Å². The minimum absolute atomic E-state index is 0.0203. The molecule has 0 aliphatic heterocycles. The van der Waals surface area contributed by atoms with Crippen molar-refractivity contribution in [3.05, 3.63) is 23.8 Å². The number of carbonyl (C=O) groups is 1. The molecule has 0 heterocycles. The highest BCUT2D eigenvalue weighted by molar-refractivity contribution is 5.99. The van der Waals surface area contributed by atoms with Gasteiger partial charge in [0.1, 0.15) is 0 Å². The van der Waals surface area contributed by atoms with Crippen LogP contribution >= 0.6 is 0 Å². The molecule has 1 aromatic carbocycles. The van der Waals surface area contributed by atoms with Gasteiger partial charge in [0.2, 0.25) is 0 Å². The maximum atomic E-state index is 11.4. The molecule has 0 bridgehead atoms. The number of carbonyl (C=O) groups excluding carboxylic acids is 1. The summed E-state index contributed by atoms with van der Waals surface area (Å²) in [7, 11) is 0. The monoisotopic (exact) mass is 246 g/mol. The second kappa shape index (κ2) is 5.89. The van der Waals surface area contributed by atoms with Gasteiger partial charge in [-0.05, 0) is 37.5 Å². The first-order valence-electron chi connectivity index (χ1n) is 6.81. The fourth-order valence-electron chi connectivity index (χ4n) is 2.69. The van der Waals surface area contributed by atoms with E-state index >= 15 is 0 Å². The average molecular weight is 246 g/mol. The molecule has 1 saturated carbocycles. The van der Waals surface area contributed by atoms with Crippen LogP contribution in [0.1, 0.15) is 49.4 Å². The molecule has 0 unspecified atom stereocenters. The normalized spacial score (nSPS) is 15.8. The molecule has 3 nitrogen and oxygen atoms in total. The highest BCUT2D eigenvalue weighted by Crippen LogP contribution is 2.27. The zero-order chi connectivity index (χ0) is 13.0. The van der Waals surface area contributed by atoms with Crippen molar-refractivity contribution in [3.63, 3.8) is 0 Å². The highest BCUT2D eigenvalue weighted by Gasteiger charge is 2.14. The Morgan fingerprint density at radius 3 is 2.78 bits per heavy atom. The lowest BCUT2D eigenvalue weighted by atomic mass is 10.0. The molecule has 0 spiro atoms. The van der Waals surface area contributed by atoms with Gasteiger partial charge in [0.25, 0.3) is 0 Å². The standard InChI is InChI=1S/C15H22N2O/c1-11(18)14-10-13(6-7-15(14)16)17-9-8-12-4-2-3-5-12/h6-7,10,12,17H,2-5,8-9,16H2,1H3. The van der Waals surface area contributed by atoms with E-state index in [4.69, 9.17) is 5.73 Å². The van der Waals surface area contributed by atoms with Crippen molar-refractivity contribution in [3.8, 4) is 0 Å². The predicted molar refractivity (Wildman–Crippen MR) is 75.9 cm³/mol. The largest absolute Gasteiger partial charge is 0.398 e. The lowest BCUT2D eigenvalue weighted by molar-refractivity contribution is 0.101. The molecule has 1 aliphatic rings. The lowest BCUT2D eigenvalue weighted by Crippen LogP contribution is -2.08. The van der Waals surface area contributed by atoms with E-state index in [9.17, 15) is 4.79 Å². The van der Waals surface area contributed by atoms with Crippen LogP contribution in [0.25, 0.3) is 0 Å². The fourth-order valence-corrected chi connectivity index (χ4v) is 2.69. The van der Waals surface area contributed by atoms with Gasteiger partial charge in [-0.3, -0.25) is 4.79 Å². The van der Waals surface area contributed by atoms with E-state index in [0.717, 1.165) is 18.2 Å². The van der Waals surface area contributed by atoms with Gasteiger partial charge >= 0.3 is 0 Å². The Morgan fingerprint density at radius 2 is 2.11 bits per heavy atom. The van der Waals surface area contributed by atoms with Crippen molar-refractivity contribution in [1.29, 1.82) is 0 Å².